The molecule has 0 fully saturated rings. The summed E-state index contributed by atoms with van der Waals surface area (Å²) >= 11 is 0. The quantitative estimate of drug-likeness (QED) is 0.697. The molecule has 98 valence electrons. The lowest BCUT2D eigenvalue weighted by molar-refractivity contribution is 0.248. The first-order valence-corrected chi connectivity index (χ1v) is 8.63. The van der Waals surface area contributed by atoms with Gasteiger partial charge in [0.2, 0.25) is 0 Å². The van der Waals surface area contributed by atoms with E-state index < -0.39 is 8.56 Å². The van der Waals surface area contributed by atoms with Crippen LogP contribution in [0.5, 0.6) is 0 Å². The van der Waals surface area contributed by atoms with Gasteiger partial charge in [-0.05, 0) is 50.0 Å². The van der Waals surface area contributed by atoms with E-state index >= 15 is 0 Å². The van der Waals surface area contributed by atoms with Gasteiger partial charge in [0.1, 0.15) is 0 Å². The lowest BCUT2D eigenvalue weighted by Crippen LogP contribution is -2.35. The summed E-state index contributed by atoms with van der Waals surface area (Å²) in [6.07, 6.45) is 5.06. The Hall–Kier alpha value is -0.623. The van der Waals surface area contributed by atoms with Gasteiger partial charge >= 0.3 is 8.56 Å². The van der Waals surface area contributed by atoms with Gasteiger partial charge in [0.15, 0.2) is 0 Å². The van der Waals surface area contributed by atoms with Gasteiger partial charge in [-0.25, -0.2) is 0 Å². The van der Waals surface area contributed by atoms with Crippen LogP contribution in [0.2, 0.25) is 12.6 Å². The van der Waals surface area contributed by atoms with Crippen LogP contribution in [0, 0.1) is 0 Å². The number of nitrogens with one attached hydrogen (secondary N) is 1. The van der Waals surface area contributed by atoms with E-state index in [0.29, 0.717) is 6.54 Å². The van der Waals surface area contributed by atoms with Crippen molar-refractivity contribution in [1.82, 2.24) is 4.98 Å². The van der Waals surface area contributed by atoms with Crippen molar-refractivity contribution in [2.75, 3.05) is 20.8 Å². The highest BCUT2D eigenvalue weighted by Gasteiger charge is 2.27. The number of nitrogens with two attached hydrogens (primary N) is 1. The average molecular weight is 256 g/mol. The Morgan fingerprint density at radius 1 is 1.29 bits per heavy atom. The SMILES string of the molecule is CO[Si](C)(CCCc1[nH]ccc1CCN)OC. The summed E-state index contributed by atoms with van der Waals surface area (Å²) in [7, 11) is 1.58. The lowest BCUT2D eigenvalue weighted by Gasteiger charge is -2.22. The maximum Gasteiger partial charge on any atom is 0.334 e. The molecule has 1 aromatic heterocycles. The molecule has 17 heavy (non-hydrogen) atoms. The second kappa shape index (κ2) is 6.96. The van der Waals surface area contributed by atoms with Crippen LogP contribution < -0.4 is 5.73 Å². The van der Waals surface area contributed by atoms with E-state index in [4.69, 9.17) is 14.6 Å². The summed E-state index contributed by atoms with van der Waals surface area (Å²) in [6.45, 7) is 2.80. The van der Waals surface area contributed by atoms with Gasteiger partial charge in [0.25, 0.3) is 0 Å². The van der Waals surface area contributed by atoms with Gasteiger partial charge in [0, 0.05) is 26.1 Å². The number of aryl methyl sites for hydroxylation is 1. The van der Waals surface area contributed by atoms with Crippen LogP contribution >= 0.6 is 0 Å². The fourth-order valence-electron chi connectivity index (χ4n) is 1.93. The smallest absolute Gasteiger partial charge is 0.334 e. The molecule has 0 amide bonds. The summed E-state index contributed by atoms with van der Waals surface area (Å²) in [5.41, 5.74) is 8.23. The zero-order chi connectivity index (χ0) is 12.7. The highest BCUT2D eigenvalue weighted by Crippen LogP contribution is 2.17. The third-order valence-corrected chi connectivity index (χ3v) is 6.25. The number of H-pyrrole nitrogens is 1. The predicted molar refractivity (Wildman–Crippen MR) is 72.3 cm³/mol. The summed E-state index contributed by atoms with van der Waals surface area (Å²) in [6, 6.07) is 3.13. The van der Waals surface area contributed by atoms with Gasteiger partial charge in [0.05, 0.1) is 0 Å². The van der Waals surface area contributed by atoms with E-state index in [1.165, 1.54) is 11.3 Å². The lowest BCUT2D eigenvalue weighted by atomic mass is 10.1. The molecule has 4 nitrogen and oxygen atoms in total. The van der Waals surface area contributed by atoms with Crippen molar-refractivity contribution in [2.24, 2.45) is 5.73 Å². The molecule has 0 spiro atoms. The Balaban J connectivity index is 2.42. The van der Waals surface area contributed by atoms with E-state index in [1.807, 2.05) is 6.20 Å². The van der Waals surface area contributed by atoms with Crippen molar-refractivity contribution in [2.45, 2.75) is 31.9 Å². The fourth-order valence-corrected chi connectivity index (χ4v) is 3.33. The molecule has 0 unspecified atom stereocenters. The molecule has 0 aliphatic heterocycles. The van der Waals surface area contributed by atoms with Gasteiger partial charge in [-0.3, -0.25) is 0 Å². The summed E-state index contributed by atoms with van der Waals surface area (Å²) in [5.74, 6) is 0. The van der Waals surface area contributed by atoms with E-state index in [0.717, 1.165) is 25.3 Å². The van der Waals surface area contributed by atoms with Gasteiger partial charge < -0.3 is 19.6 Å². The van der Waals surface area contributed by atoms with E-state index in [2.05, 4.69) is 17.6 Å². The number of rotatable bonds is 8. The van der Waals surface area contributed by atoms with Crippen molar-refractivity contribution in [3.05, 3.63) is 23.5 Å². The Morgan fingerprint density at radius 2 is 2.00 bits per heavy atom. The van der Waals surface area contributed by atoms with Crippen molar-refractivity contribution in [3.8, 4) is 0 Å². The minimum atomic E-state index is -1.91. The molecule has 3 N–H and O–H groups in total. The maximum atomic E-state index is 5.58. The predicted octanol–water partition coefficient (Wildman–Crippen LogP) is 1.81. The number of hydrogen-bond acceptors (Lipinski definition) is 3. The first-order valence-electron chi connectivity index (χ1n) is 6.10. The normalized spacial score (nSPS) is 12.0. The Bertz CT molecular complexity index is 324. The maximum absolute atomic E-state index is 5.58. The van der Waals surface area contributed by atoms with Crippen LogP contribution in [-0.4, -0.2) is 34.3 Å². The van der Waals surface area contributed by atoms with E-state index in [1.54, 1.807) is 14.2 Å². The van der Waals surface area contributed by atoms with Crippen molar-refractivity contribution in [3.63, 3.8) is 0 Å². The zero-order valence-corrected chi connectivity index (χ0v) is 12.1. The van der Waals surface area contributed by atoms with Crippen LogP contribution in [0.15, 0.2) is 12.3 Å². The first-order chi connectivity index (χ1) is 8.15. The molecule has 0 radical (unpaired) electrons. The highest BCUT2D eigenvalue weighted by molar-refractivity contribution is 6.65. The number of hydrogen-bond donors (Lipinski definition) is 2. The molecular weight excluding hydrogens is 232 g/mol. The van der Waals surface area contributed by atoms with Crippen molar-refractivity contribution < 1.29 is 8.85 Å². The standard InChI is InChI=1S/C12H24N2O2Si/c1-15-17(3,16-2)10-4-5-12-11(6-8-13)7-9-14-12/h7,9,14H,4-6,8,10,13H2,1-3H3. The molecule has 0 aliphatic rings. The third-order valence-electron chi connectivity index (χ3n) is 3.26. The average Bonchev–Trinajstić information content (AvgIpc) is 2.77. The molecule has 1 aromatic rings. The minimum Gasteiger partial charge on any atom is -0.398 e. The third kappa shape index (κ3) is 4.27. The van der Waals surface area contributed by atoms with Crippen LogP contribution in [0.25, 0.3) is 0 Å². The van der Waals surface area contributed by atoms with Gasteiger partial charge in [-0.15, -0.1) is 0 Å². The summed E-state index contributed by atoms with van der Waals surface area (Å²) < 4.78 is 10.9. The Labute approximate surface area is 105 Å². The van der Waals surface area contributed by atoms with Crippen LogP contribution in [0.1, 0.15) is 17.7 Å². The molecular formula is C12H24N2O2Si. The van der Waals surface area contributed by atoms with E-state index in [-0.39, 0.29) is 0 Å². The molecule has 0 atom stereocenters. The number of aromatic amines is 1. The van der Waals surface area contributed by atoms with Crippen LogP contribution in [0.4, 0.5) is 0 Å². The topological polar surface area (TPSA) is 60.3 Å². The second-order valence-corrected chi connectivity index (χ2v) is 8.00. The van der Waals surface area contributed by atoms with Gasteiger partial charge in [-0.1, -0.05) is 0 Å². The molecule has 0 saturated heterocycles. The monoisotopic (exact) mass is 256 g/mol. The molecule has 1 rings (SSSR count). The Morgan fingerprint density at radius 3 is 2.59 bits per heavy atom. The molecule has 0 aliphatic carbocycles. The first kappa shape index (κ1) is 14.4. The molecule has 0 aromatic carbocycles. The fraction of sp³-hybridized carbons (Fsp3) is 0.667. The molecule has 0 saturated carbocycles. The molecule has 1 heterocycles. The highest BCUT2D eigenvalue weighted by atomic mass is 28.4. The summed E-state index contributed by atoms with van der Waals surface area (Å²) in [5, 5.41) is 0. The number of aromatic nitrogens is 1. The molecule has 0 bridgehead atoms. The van der Waals surface area contributed by atoms with Gasteiger partial charge in [-0.2, -0.15) is 0 Å². The van der Waals surface area contributed by atoms with Crippen LogP contribution in [0.3, 0.4) is 0 Å². The Kier molecular flexibility index (Phi) is 5.91. The molecule has 5 heteroatoms. The largest absolute Gasteiger partial charge is 0.398 e. The van der Waals surface area contributed by atoms with Crippen molar-refractivity contribution in [1.29, 1.82) is 0 Å². The van der Waals surface area contributed by atoms with Crippen LogP contribution in [-0.2, 0) is 21.7 Å². The minimum absolute atomic E-state index is 0.702. The van der Waals surface area contributed by atoms with Crippen molar-refractivity contribution >= 4 is 8.56 Å². The zero-order valence-electron chi connectivity index (χ0n) is 11.1. The second-order valence-electron chi connectivity index (χ2n) is 4.42. The summed E-state index contributed by atoms with van der Waals surface area (Å²) in [4.78, 5) is 3.29. The van der Waals surface area contributed by atoms with E-state index in [9.17, 15) is 0 Å².